The summed E-state index contributed by atoms with van der Waals surface area (Å²) in [5.74, 6) is -3.15. The first kappa shape index (κ1) is 31.5. The molecule has 0 aliphatic carbocycles. The van der Waals surface area contributed by atoms with Gasteiger partial charge in [0.1, 0.15) is 18.1 Å². The van der Waals surface area contributed by atoms with Gasteiger partial charge in [0.15, 0.2) is 5.82 Å². The highest BCUT2D eigenvalue weighted by Gasteiger charge is 2.37. The number of carbonyl (C=O) groups is 2. The largest absolute Gasteiger partial charge is 0.455 e. The van der Waals surface area contributed by atoms with Crippen LogP contribution in [0.3, 0.4) is 0 Å². The Morgan fingerprint density at radius 2 is 1.76 bits per heavy atom. The molecule has 0 aliphatic rings. The molecule has 2 N–H and O–H groups in total. The molecule has 0 bridgehead atoms. The number of aryl methyl sites for hydroxylation is 1. The summed E-state index contributed by atoms with van der Waals surface area (Å²) >= 11 is 12.6. The van der Waals surface area contributed by atoms with E-state index in [4.69, 9.17) is 23.2 Å². The van der Waals surface area contributed by atoms with E-state index in [1.165, 1.54) is 48.7 Å². The summed E-state index contributed by atoms with van der Waals surface area (Å²) in [5.41, 5.74) is 1.21. The minimum absolute atomic E-state index is 0.0379. The normalized spacial score (nSPS) is 12.2. The third kappa shape index (κ3) is 7.10. The van der Waals surface area contributed by atoms with Gasteiger partial charge in [-0.15, -0.1) is 10.2 Å². The van der Waals surface area contributed by atoms with E-state index < -0.39 is 35.7 Å². The van der Waals surface area contributed by atoms with E-state index in [2.05, 4.69) is 36.1 Å². The van der Waals surface area contributed by atoms with Crippen molar-refractivity contribution in [1.29, 1.82) is 0 Å². The van der Waals surface area contributed by atoms with E-state index in [9.17, 15) is 27.2 Å². The Hall–Kier alpha value is -4.89. The summed E-state index contributed by atoms with van der Waals surface area (Å²) in [7, 11) is 0. The number of amides is 2. The van der Waals surface area contributed by atoms with Crippen LogP contribution in [0, 0.1) is 12.7 Å². The van der Waals surface area contributed by atoms with Gasteiger partial charge in [-0.3, -0.25) is 9.59 Å². The number of nitrogens with zero attached hydrogens (tertiary/aromatic N) is 7. The number of alkyl halides is 3. The van der Waals surface area contributed by atoms with Gasteiger partial charge in [-0.05, 0) is 72.7 Å². The van der Waals surface area contributed by atoms with Crippen molar-refractivity contribution in [3.63, 3.8) is 0 Å². The van der Waals surface area contributed by atoms with Crippen LogP contribution < -0.4 is 10.6 Å². The second-order valence-electron chi connectivity index (χ2n) is 9.73. The maximum Gasteiger partial charge on any atom is 0.455 e. The molecule has 5 aromatic rings. The highest BCUT2D eigenvalue weighted by atomic mass is 35.5. The molecule has 1 unspecified atom stereocenters. The number of halogens is 6. The Balaban J connectivity index is 1.48. The first-order chi connectivity index (χ1) is 21.3. The van der Waals surface area contributed by atoms with Crippen LogP contribution in [0.5, 0.6) is 0 Å². The van der Waals surface area contributed by atoms with Crippen molar-refractivity contribution in [3.8, 4) is 5.82 Å². The topological polar surface area (TPSA) is 133 Å². The number of carbonyl (C=O) groups excluding carboxylic acids is 2. The summed E-state index contributed by atoms with van der Waals surface area (Å²) in [6.45, 7) is 2.96. The SMILES string of the molecule is Cc1cc(Cl)cc(C(=O)NC(C)c2ccc(F)cc2)c1NC(=O)c1cc(Cn2nnc(C(F)(F)F)n2)nn1-c1ncccc1Cl. The molecule has 11 nitrogen and oxygen atoms in total. The molecular formula is C28H21Cl2F4N9O2. The fourth-order valence-electron chi connectivity index (χ4n) is 4.31. The number of nitrogens with one attached hydrogen (secondary N) is 2. The number of tetrazole rings is 1. The average Bonchev–Trinajstić information content (AvgIpc) is 3.62. The molecule has 17 heteroatoms. The lowest BCUT2D eigenvalue weighted by molar-refractivity contribution is -0.145. The molecule has 0 spiro atoms. The first-order valence-electron chi connectivity index (χ1n) is 13.0. The second-order valence-corrected chi connectivity index (χ2v) is 10.6. The Morgan fingerprint density at radius 1 is 1.02 bits per heavy atom. The van der Waals surface area contributed by atoms with Gasteiger partial charge in [-0.25, -0.2) is 14.1 Å². The van der Waals surface area contributed by atoms with Crippen LogP contribution in [-0.4, -0.2) is 46.8 Å². The van der Waals surface area contributed by atoms with Crippen molar-refractivity contribution < 1.29 is 27.2 Å². The molecule has 3 heterocycles. The zero-order valence-corrected chi connectivity index (χ0v) is 24.8. The number of anilines is 1. The molecule has 0 saturated carbocycles. The quantitative estimate of drug-likeness (QED) is 0.200. The van der Waals surface area contributed by atoms with Gasteiger partial charge in [-0.2, -0.15) is 23.1 Å². The predicted molar refractivity (Wildman–Crippen MR) is 155 cm³/mol. The Labute approximate surface area is 262 Å². The average molecular weight is 662 g/mol. The zero-order valence-electron chi connectivity index (χ0n) is 23.3. The molecule has 5 rings (SSSR count). The van der Waals surface area contributed by atoms with E-state index in [1.54, 1.807) is 26.0 Å². The Kier molecular flexibility index (Phi) is 8.84. The summed E-state index contributed by atoms with van der Waals surface area (Å²) in [4.78, 5) is 32.0. The number of pyridine rings is 1. The van der Waals surface area contributed by atoms with E-state index in [0.717, 1.165) is 4.68 Å². The highest BCUT2D eigenvalue weighted by Crippen LogP contribution is 2.29. The van der Waals surface area contributed by atoms with Gasteiger partial charge >= 0.3 is 6.18 Å². The van der Waals surface area contributed by atoms with Gasteiger partial charge in [0, 0.05) is 11.2 Å². The van der Waals surface area contributed by atoms with Crippen molar-refractivity contribution in [2.75, 3.05) is 5.32 Å². The fourth-order valence-corrected chi connectivity index (χ4v) is 4.78. The van der Waals surface area contributed by atoms with E-state index >= 15 is 0 Å². The molecule has 2 amide bonds. The van der Waals surface area contributed by atoms with Gasteiger partial charge < -0.3 is 10.6 Å². The number of aromatic nitrogens is 7. The smallest absolute Gasteiger partial charge is 0.345 e. The lowest BCUT2D eigenvalue weighted by Gasteiger charge is -2.18. The predicted octanol–water partition coefficient (Wildman–Crippen LogP) is 5.82. The maximum atomic E-state index is 13.8. The first-order valence-corrected chi connectivity index (χ1v) is 13.8. The fraction of sp³-hybridized carbons (Fsp3) is 0.179. The van der Waals surface area contributed by atoms with Crippen LogP contribution in [0.4, 0.5) is 23.2 Å². The lowest BCUT2D eigenvalue weighted by atomic mass is 10.0. The van der Waals surface area contributed by atoms with Crippen LogP contribution >= 0.6 is 23.2 Å². The molecule has 0 aliphatic heterocycles. The molecule has 1 atom stereocenters. The van der Waals surface area contributed by atoms with E-state index in [-0.39, 0.29) is 45.0 Å². The molecule has 232 valence electrons. The Morgan fingerprint density at radius 3 is 2.42 bits per heavy atom. The van der Waals surface area contributed by atoms with Crippen molar-refractivity contribution in [1.82, 2.24) is 40.3 Å². The number of benzene rings is 2. The third-order valence-electron chi connectivity index (χ3n) is 6.44. The van der Waals surface area contributed by atoms with Crippen LogP contribution in [0.1, 0.15) is 56.5 Å². The number of hydrogen-bond acceptors (Lipinski definition) is 7. The lowest BCUT2D eigenvalue weighted by Crippen LogP contribution is -2.28. The van der Waals surface area contributed by atoms with Crippen molar-refractivity contribution in [2.45, 2.75) is 32.6 Å². The highest BCUT2D eigenvalue weighted by molar-refractivity contribution is 6.32. The Bertz CT molecular complexity index is 1890. The number of hydrogen-bond donors (Lipinski definition) is 2. The maximum absolute atomic E-state index is 13.8. The van der Waals surface area contributed by atoms with Gasteiger partial charge in [0.2, 0.25) is 0 Å². The third-order valence-corrected chi connectivity index (χ3v) is 6.96. The summed E-state index contributed by atoms with van der Waals surface area (Å²) < 4.78 is 53.4. The van der Waals surface area contributed by atoms with Crippen molar-refractivity contribution in [2.24, 2.45) is 0 Å². The van der Waals surface area contributed by atoms with Gasteiger partial charge in [0.05, 0.1) is 28.0 Å². The van der Waals surface area contributed by atoms with Gasteiger partial charge in [-0.1, -0.05) is 35.3 Å². The number of rotatable bonds is 8. The van der Waals surface area contributed by atoms with Crippen molar-refractivity contribution in [3.05, 3.63) is 111 Å². The van der Waals surface area contributed by atoms with Crippen molar-refractivity contribution >= 4 is 40.7 Å². The zero-order chi connectivity index (χ0) is 32.5. The molecule has 0 fully saturated rings. The van der Waals surface area contributed by atoms with Crippen LogP contribution in [0.15, 0.2) is 60.8 Å². The minimum Gasteiger partial charge on any atom is -0.345 e. The standard InChI is InChI=1S/C28H21Cl2F4N9O2/c1-14-10-17(29)11-20(25(44)36-15(2)16-5-7-18(31)8-6-16)23(14)37-26(45)22-12-19(13-42-40-27(38-41-42)28(32,33)34)39-43(22)24-21(30)4-3-9-35-24/h3-12,15H,13H2,1-2H3,(H,36,44)(H,37,45). The van der Waals surface area contributed by atoms with E-state index in [0.29, 0.717) is 15.9 Å². The second kappa shape index (κ2) is 12.6. The summed E-state index contributed by atoms with van der Waals surface area (Å²) in [6.07, 6.45) is -3.39. The summed E-state index contributed by atoms with van der Waals surface area (Å²) in [5, 5.41) is 19.9. The monoisotopic (exact) mass is 661 g/mol. The molecular weight excluding hydrogens is 641 g/mol. The van der Waals surface area contributed by atoms with E-state index in [1.807, 2.05) is 0 Å². The molecule has 3 aromatic heterocycles. The van der Waals surface area contributed by atoms with Crippen LogP contribution in [0.2, 0.25) is 10.0 Å². The summed E-state index contributed by atoms with van der Waals surface area (Å²) in [6, 6.07) is 12.4. The molecule has 2 aromatic carbocycles. The van der Waals surface area contributed by atoms with Crippen LogP contribution in [0.25, 0.3) is 5.82 Å². The molecule has 45 heavy (non-hydrogen) atoms. The molecule has 0 radical (unpaired) electrons. The minimum atomic E-state index is -4.80. The van der Waals surface area contributed by atoms with Gasteiger partial charge in [0.25, 0.3) is 17.6 Å². The molecule has 0 saturated heterocycles. The van der Waals surface area contributed by atoms with Crippen LogP contribution in [-0.2, 0) is 12.7 Å².